The lowest BCUT2D eigenvalue weighted by Crippen LogP contribution is -1.92. The second-order valence-corrected chi connectivity index (χ2v) is 10.6. The van der Waals surface area contributed by atoms with Crippen molar-refractivity contribution in [2.45, 2.75) is 27.7 Å². The van der Waals surface area contributed by atoms with E-state index in [9.17, 15) is 10.5 Å². The molecular formula is C36H30N10. The molecule has 0 N–H and O–H groups in total. The minimum Gasteiger partial charge on any atom is -0.255 e. The molecule has 0 radical (unpaired) electrons. The Balaban J connectivity index is 0.000000181. The number of nitriles is 2. The summed E-state index contributed by atoms with van der Waals surface area (Å²) in [6.45, 7) is 8.18. The van der Waals surface area contributed by atoms with Crippen molar-refractivity contribution in [3.63, 3.8) is 0 Å². The van der Waals surface area contributed by atoms with Crippen LogP contribution in [-0.2, 0) is 0 Å². The van der Waals surface area contributed by atoms with Crippen LogP contribution in [0.5, 0.6) is 0 Å². The standard InChI is InChI=1S/2C18H15N5/c2*1-13-7-14(2)9-15(8-13)18-21-12-23(22-18)11-16(10-19)17-5-3-4-6-20-17/h2*3-9,11-12H,1-2H3. The molecule has 6 aromatic rings. The molecule has 0 aliphatic carbocycles. The SMILES string of the molecule is Cc1cc(C)cc(-c2ncn(C=C(C#N)c3ccccn3)n2)c1.Cc1cc(C)cc(-c2ncn(C=C(C#N)c3ccccn3)n2)c1. The monoisotopic (exact) mass is 602 g/mol. The third kappa shape index (κ3) is 7.90. The summed E-state index contributed by atoms with van der Waals surface area (Å²) in [5.74, 6) is 1.26. The van der Waals surface area contributed by atoms with E-state index in [0.717, 1.165) is 33.4 Å². The number of aryl methyl sites for hydroxylation is 4. The van der Waals surface area contributed by atoms with Crippen LogP contribution >= 0.6 is 0 Å². The van der Waals surface area contributed by atoms with Gasteiger partial charge in [0, 0.05) is 23.5 Å². The summed E-state index contributed by atoms with van der Waals surface area (Å²) in [4.78, 5) is 17.0. The largest absolute Gasteiger partial charge is 0.255 e. The number of benzene rings is 2. The summed E-state index contributed by atoms with van der Waals surface area (Å²) < 4.78 is 3.08. The van der Waals surface area contributed by atoms with E-state index < -0.39 is 0 Å². The van der Waals surface area contributed by atoms with E-state index in [1.165, 1.54) is 0 Å². The fourth-order valence-corrected chi connectivity index (χ4v) is 4.76. The minimum atomic E-state index is 0.433. The predicted octanol–water partition coefficient (Wildman–Crippen LogP) is 6.96. The van der Waals surface area contributed by atoms with Crippen molar-refractivity contribution >= 4 is 23.5 Å². The van der Waals surface area contributed by atoms with Gasteiger partial charge in [-0.2, -0.15) is 10.5 Å². The van der Waals surface area contributed by atoms with Crippen LogP contribution < -0.4 is 0 Å². The normalized spacial score (nSPS) is 11.3. The summed E-state index contributed by atoms with van der Waals surface area (Å²) in [7, 11) is 0. The molecule has 10 nitrogen and oxygen atoms in total. The zero-order chi connectivity index (χ0) is 32.5. The highest BCUT2D eigenvalue weighted by molar-refractivity contribution is 5.83. The molecule has 0 aliphatic heterocycles. The molecule has 10 heteroatoms. The fraction of sp³-hybridized carbons (Fsp3) is 0.111. The van der Waals surface area contributed by atoms with Crippen molar-refractivity contribution in [3.8, 4) is 34.9 Å². The highest BCUT2D eigenvalue weighted by Crippen LogP contribution is 2.20. The Bertz CT molecular complexity index is 1910. The first-order valence-electron chi connectivity index (χ1n) is 14.4. The van der Waals surface area contributed by atoms with Gasteiger partial charge in [-0.25, -0.2) is 19.3 Å². The van der Waals surface area contributed by atoms with Crippen LogP contribution in [0.3, 0.4) is 0 Å². The van der Waals surface area contributed by atoms with Crippen LogP contribution in [0.1, 0.15) is 33.6 Å². The first-order valence-corrected chi connectivity index (χ1v) is 14.4. The van der Waals surface area contributed by atoms with Crippen molar-refractivity contribution in [1.82, 2.24) is 39.5 Å². The molecule has 224 valence electrons. The zero-order valence-corrected chi connectivity index (χ0v) is 25.9. The number of nitrogens with zero attached hydrogens (tertiary/aromatic N) is 10. The van der Waals surface area contributed by atoms with Gasteiger partial charge in [0.2, 0.25) is 0 Å². The van der Waals surface area contributed by atoms with Gasteiger partial charge >= 0.3 is 0 Å². The number of hydrogen-bond acceptors (Lipinski definition) is 8. The molecule has 0 saturated carbocycles. The zero-order valence-electron chi connectivity index (χ0n) is 25.9. The van der Waals surface area contributed by atoms with Crippen LogP contribution in [0, 0.1) is 50.4 Å². The van der Waals surface area contributed by atoms with Gasteiger partial charge in [0.25, 0.3) is 0 Å². The van der Waals surface area contributed by atoms with Crippen molar-refractivity contribution in [2.75, 3.05) is 0 Å². The lowest BCUT2D eigenvalue weighted by Gasteiger charge is -2.00. The van der Waals surface area contributed by atoms with Gasteiger partial charge in [0.15, 0.2) is 11.6 Å². The topological polar surface area (TPSA) is 135 Å². The predicted molar refractivity (Wildman–Crippen MR) is 178 cm³/mol. The first-order chi connectivity index (χ1) is 22.3. The molecule has 6 rings (SSSR count). The van der Waals surface area contributed by atoms with Crippen molar-refractivity contribution in [2.24, 2.45) is 0 Å². The van der Waals surface area contributed by atoms with E-state index in [1.807, 2.05) is 76.2 Å². The van der Waals surface area contributed by atoms with Gasteiger partial charge in [-0.1, -0.05) is 46.5 Å². The van der Waals surface area contributed by atoms with Crippen LogP contribution in [0.2, 0.25) is 0 Å². The summed E-state index contributed by atoms with van der Waals surface area (Å²) in [6, 6.07) is 27.6. The van der Waals surface area contributed by atoms with Crippen LogP contribution in [0.25, 0.3) is 46.3 Å². The van der Waals surface area contributed by atoms with E-state index in [-0.39, 0.29) is 0 Å². The Kier molecular flexibility index (Phi) is 9.61. The van der Waals surface area contributed by atoms with Gasteiger partial charge in [0.1, 0.15) is 24.8 Å². The van der Waals surface area contributed by atoms with Crippen LogP contribution in [0.4, 0.5) is 0 Å². The van der Waals surface area contributed by atoms with Crippen molar-refractivity contribution in [3.05, 3.63) is 131 Å². The highest BCUT2D eigenvalue weighted by Gasteiger charge is 2.08. The van der Waals surface area contributed by atoms with E-state index in [2.05, 4.69) is 54.4 Å². The number of allylic oxidation sites excluding steroid dienone is 2. The number of rotatable bonds is 6. The van der Waals surface area contributed by atoms with Crippen LogP contribution in [-0.4, -0.2) is 39.5 Å². The molecule has 0 unspecified atom stereocenters. The van der Waals surface area contributed by atoms with Gasteiger partial charge in [-0.05, 0) is 76.2 Å². The molecule has 0 aliphatic rings. The van der Waals surface area contributed by atoms with Crippen molar-refractivity contribution < 1.29 is 0 Å². The smallest absolute Gasteiger partial charge is 0.181 e. The third-order valence-electron chi connectivity index (χ3n) is 6.62. The molecule has 0 amide bonds. The Morgan fingerprint density at radius 1 is 0.565 bits per heavy atom. The first kappa shape index (κ1) is 30.9. The Morgan fingerprint density at radius 3 is 1.28 bits per heavy atom. The Labute approximate surface area is 267 Å². The maximum atomic E-state index is 9.32. The third-order valence-corrected chi connectivity index (χ3v) is 6.62. The van der Waals surface area contributed by atoms with E-state index in [0.29, 0.717) is 34.2 Å². The highest BCUT2D eigenvalue weighted by atomic mass is 15.3. The summed E-state index contributed by atoms with van der Waals surface area (Å²) in [6.07, 6.45) is 9.75. The molecule has 2 aromatic carbocycles. The van der Waals surface area contributed by atoms with Gasteiger partial charge < -0.3 is 0 Å². The molecule has 0 spiro atoms. The molecule has 0 atom stereocenters. The maximum Gasteiger partial charge on any atom is 0.181 e. The summed E-state index contributed by atoms with van der Waals surface area (Å²) >= 11 is 0. The maximum absolute atomic E-state index is 9.32. The van der Waals surface area contributed by atoms with E-state index in [1.54, 1.807) is 58.9 Å². The van der Waals surface area contributed by atoms with E-state index in [4.69, 9.17) is 0 Å². The Morgan fingerprint density at radius 2 is 0.957 bits per heavy atom. The average Bonchev–Trinajstić information content (AvgIpc) is 3.73. The van der Waals surface area contributed by atoms with Crippen molar-refractivity contribution in [1.29, 1.82) is 10.5 Å². The fourth-order valence-electron chi connectivity index (χ4n) is 4.76. The van der Waals surface area contributed by atoms with Gasteiger partial charge in [0.05, 0.1) is 34.9 Å². The lowest BCUT2D eigenvalue weighted by molar-refractivity contribution is 0.938. The summed E-state index contributed by atoms with van der Waals surface area (Å²) in [5, 5.41) is 27.5. The van der Waals surface area contributed by atoms with Gasteiger partial charge in [-0.15, -0.1) is 10.2 Å². The van der Waals surface area contributed by atoms with Gasteiger partial charge in [-0.3, -0.25) is 9.97 Å². The van der Waals surface area contributed by atoms with Crippen LogP contribution in [0.15, 0.2) is 97.8 Å². The summed E-state index contributed by atoms with van der Waals surface area (Å²) in [5.41, 5.74) is 8.67. The Hall–Kier alpha value is -6.52. The number of pyridine rings is 2. The second kappa shape index (κ2) is 14.3. The molecule has 0 bridgehead atoms. The average molecular weight is 603 g/mol. The number of hydrogen-bond donors (Lipinski definition) is 0. The molecule has 4 aromatic heterocycles. The number of aromatic nitrogens is 8. The second-order valence-electron chi connectivity index (χ2n) is 10.6. The quantitative estimate of drug-likeness (QED) is 0.187. The lowest BCUT2D eigenvalue weighted by atomic mass is 10.1. The molecule has 0 fully saturated rings. The molecule has 0 saturated heterocycles. The van der Waals surface area contributed by atoms with E-state index >= 15 is 0 Å². The molecule has 46 heavy (non-hydrogen) atoms. The minimum absolute atomic E-state index is 0.433. The molecular weight excluding hydrogens is 572 g/mol. The molecule has 4 heterocycles.